The summed E-state index contributed by atoms with van der Waals surface area (Å²) in [5.74, 6) is -0.127. The number of thioether (sulfide) groups is 1. The fourth-order valence-corrected chi connectivity index (χ4v) is 4.55. The van der Waals surface area contributed by atoms with Gasteiger partial charge in [0.05, 0.1) is 29.5 Å². The van der Waals surface area contributed by atoms with Crippen molar-refractivity contribution in [3.63, 3.8) is 0 Å². The van der Waals surface area contributed by atoms with Gasteiger partial charge in [-0.15, -0.1) is 10.2 Å². The number of methoxy groups -OCH3 is 1. The van der Waals surface area contributed by atoms with Gasteiger partial charge < -0.3 is 9.30 Å². The molecule has 3 heterocycles. The number of aromatic nitrogens is 5. The van der Waals surface area contributed by atoms with E-state index in [1.54, 1.807) is 83.9 Å². The molecule has 3 aromatic heterocycles. The third-order valence-electron chi connectivity index (χ3n) is 5.47. The van der Waals surface area contributed by atoms with E-state index in [0.717, 1.165) is 11.8 Å². The Hall–Kier alpha value is -4.38. The summed E-state index contributed by atoms with van der Waals surface area (Å²) in [4.78, 5) is 38.2. The largest absolute Gasteiger partial charge is 0.497 e. The number of nitrogens with one attached hydrogen (secondary N) is 1. The first kappa shape index (κ1) is 22.4. The lowest BCUT2D eigenvalue weighted by Crippen LogP contribution is -2.33. The van der Waals surface area contributed by atoms with Gasteiger partial charge in [0, 0.05) is 19.3 Å². The minimum Gasteiger partial charge on any atom is -0.497 e. The van der Waals surface area contributed by atoms with Crippen molar-refractivity contribution in [2.24, 2.45) is 7.05 Å². The number of nitrogens with zero attached hydrogens (tertiary/aromatic N) is 5. The molecule has 0 spiro atoms. The molecule has 35 heavy (non-hydrogen) atoms. The Labute approximate surface area is 203 Å². The van der Waals surface area contributed by atoms with Crippen molar-refractivity contribution in [2.45, 2.75) is 5.16 Å². The van der Waals surface area contributed by atoms with Crippen LogP contribution >= 0.6 is 11.8 Å². The topological polar surface area (TPSA) is 113 Å². The van der Waals surface area contributed by atoms with Gasteiger partial charge in [-0.1, -0.05) is 30.0 Å². The highest BCUT2D eigenvalue weighted by atomic mass is 32.2. The second-order valence-corrected chi connectivity index (χ2v) is 8.59. The first-order valence-electron chi connectivity index (χ1n) is 10.6. The Morgan fingerprint density at radius 1 is 1.06 bits per heavy atom. The zero-order valence-electron chi connectivity index (χ0n) is 18.8. The maximum absolute atomic E-state index is 13.4. The van der Waals surface area contributed by atoms with Gasteiger partial charge in [0.15, 0.2) is 5.16 Å². The highest BCUT2D eigenvalue weighted by Crippen LogP contribution is 2.24. The molecule has 5 rings (SSSR count). The second kappa shape index (κ2) is 9.11. The highest BCUT2D eigenvalue weighted by Gasteiger charge is 2.20. The number of aryl methyl sites for hydroxylation is 1. The van der Waals surface area contributed by atoms with E-state index in [1.807, 2.05) is 6.07 Å². The van der Waals surface area contributed by atoms with E-state index in [2.05, 4.69) is 15.5 Å². The fourth-order valence-electron chi connectivity index (χ4n) is 3.81. The Balaban J connectivity index is 1.52. The van der Waals surface area contributed by atoms with Crippen LogP contribution in [0.3, 0.4) is 0 Å². The molecular weight excluding hydrogens is 468 g/mol. The lowest BCUT2D eigenvalue weighted by molar-refractivity contribution is -0.117. The maximum atomic E-state index is 13.4. The number of carbonyl (C=O) groups is 2. The van der Waals surface area contributed by atoms with Crippen molar-refractivity contribution in [3.8, 4) is 11.4 Å². The summed E-state index contributed by atoms with van der Waals surface area (Å²) in [6.07, 6.45) is 1.73. The molecule has 0 unspecified atom stereocenters. The molecule has 0 saturated carbocycles. The average Bonchev–Trinajstić information content (AvgIpc) is 3.49. The van der Waals surface area contributed by atoms with Gasteiger partial charge in [0.25, 0.3) is 11.5 Å². The summed E-state index contributed by atoms with van der Waals surface area (Å²) in [5, 5.41) is 11.8. The molecular formula is C24H20N6O4S. The quantitative estimate of drug-likeness (QED) is 0.365. The molecule has 0 aliphatic rings. The summed E-state index contributed by atoms with van der Waals surface area (Å²) in [6, 6.07) is 17.6. The Morgan fingerprint density at radius 3 is 2.66 bits per heavy atom. The molecule has 1 N–H and O–H groups in total. The van der Waals surface area contributed by atoms with Crippen LogP contribution in [0, 0.1) is 0 Å². The predicted molar refractivity (Wildman–Crippen MR) is 131 cm³/mol. The third-order valence-corrected chi connectivity index (χ3v) is 6.40. The zero-order valence-corrected chi connectivity index (χ0v) is 19.7. The van der Waals surface area contributed by atoms with Crippen molar-refractivity contribution < 1.29 is 14.3 Å². The number of hydrogen-bond donors (Lipinski definition) is 1. The van der Waals surface area contributed by atoms with E-state index in [9.17, 15) is 14.4 Å². The standard InChI is InChI=1S/C24H20N6O4S/c1-28-12-6-11-19(28)21(32)25-20(31)14-35-24-27-26-23-29(15-7-5-8-16(13-15)34-2)22(33)17-9-3-4-10-18(17)30(23)24/h3-13H,14H2,1-2H3,(H,25,31,32). The number of benzene rings is 2. The molecule has 0 fully saturated rings. The van der Waals surface area contributed by atoms with Crippen LogP contribution in [0.4, 0.5) is 0 Å². The van der Waals surface area contributed by atoms with E-state index in [1.165, 1.54) is 4.57 Å². The van der Waals surface area contributed by atoms with Crippen molar-refractivity contribution in [1.29, 1.82) is 0 Å². The van der Waals surface area contributed by atoms with Gasteiger partial charge in [0.2, 0.25) is 11.7 Å². The Morgan fingerprint density at radius 2 is 1.89 bits per heavy atom. The molecule has 0 bridgehead atoms. The van der Waals surface area contributed by atoms with Crippen molar-refractivity contribution in [1.82, 2.24) is 29.0 Å². The molecule has 5 aromatic rings. The van der Waals surface area contributed by atoms with Crippen molar-refractivity contribution in [3.05, 3.63) is 82.9 Å². The van der Waals surface area contributed by atoms with Crippen LogP contribution < -0.4 is 15.6 Å². The molecule has 0 aliphatic heterocycles. The zero-order chi connectivity index (χ0) is 24.5. The third kappa shape index (κ3) is 4.06. The highest BCUT2D eigenvalue weighted by molar-refractivity contribution is 7.99. The van der Waals surface area contributed by atoms with Gasteiger partial charge in [-0.3, -0.25) is 24.1 Å². The minimum atomic E-state index is -0.480. The minimum absolute atomic E-state index is 0.0659. The van der Waals surface area contributed by atoms with Crippen LogP contribution in [0.15, 0.2) is 76.8 Å². The van der Waals surface area contributed by atoms with Gasteiger partial charge in [0.1, 0.15) is 11.4 Å². The molecule has 0 radical (unpaired) electrons. The number of fused-ring (bicyclic) bond motifs is 3. The molecule has 11 heteroatoms. The van der Waals surface area contributed by atoms with Gasteiger partial charge in [-0.25, -0.2) is 4.57 Å². The molecule has 10 nitrogen and oxygen atoms in total. The van der Waals surface area contributed by atoms with Crippen molar-refractivity contribution in [2.75, 3.05) is 12.9 Å². The number of hydrogen-bond acceptors (Lipinski definition) is 7. The van der Waals surface area contributed by atoms with Crippen LogP contribution in [0.2, 0.25) is 0 Å². The number of para-hydroxylation sites is 1. The van der Waals surface area contributed by atoms with Gasteiger partial charge >= 0.3 is 0 Å². The molecule has 2 amide bonds. The first-order chi connectivity index (χ1) is 17.0. The fraction of sp³-hybridized carbons (Fsp3) is 0.125. The number of ether oxygens (including phenoxy) is 1. The van der Waals surface area contributed by atoms with Crippen LogP contribution in [0.5, 0.6) is 5.75 Å². The number of carbonyl (C=O) groups excluding carboxylic acids is 2. The number of amides is 2. The molecule has 0 atom stereocenters. The summed E-state index contributed by atoms with van der Waals surface area (Å²) >= 11 is 1.12. The van der Waals surface area contributed by atoms with Gasteiger partial charge in [-0.2, -0.15) is 0 Å². The summed E-state index contributed by atoms with van der Waals surface area (Å²) < 4.78 is 10.1. The van der Waals surface area contributed by atoms with Crippen LogP contribution in [-0.4, -0.2) is 48.4 Å². The second-order valence-electron chi connectivity index (χ2n) is 7.65. The number of rotatable bonds is 6. The van der Waals surface area contributed by atoms with E-state index in [-0.39, 0.29) is 11.3 Å². The summed E-state index contributed by atoms with van der Waals surface area (Å²) in [7, 11) is 3.28. The first-order valence-corrected chi connectivity index (χ1v) is 11.6. The predicted octanol–water partition coefficient (Wildman–Crippen LogP) is 2.43. The van der Waals surface area contributed by atoms with Gasteiger partial charge in [-0.05, 0) is 36.4 Å². The molecule has 0 aliphatic carbocycles. The van der Waals surface area contributed by atoms with Crippen LogP contribution in [0.1, 0.15) is 10.5 Å². The van der Waals surface area contributed by atoms with Crippen LogP contribution in [-0.2, 0) is 11.8 Å². The van der Waals surface area contributed by atoms with E-state index in [4.69, 9.17) is 4.74 Å². The normalized spacial score (nSPS) is 11.1. The summed E-state index contributed by atoms with van der Waals surface area (Å²) in [5.41, 5.74) is 1.31. The monoisotopic (exact) mass is 488 g/mol. The molecule has 0 saturated heterocycles. The molecule has 2 aromatic carbocycles. The van der Waals surface area contributed by atoms with E-state index in [0.29, 0.717) is 39.0 Å². The SMILES string of the molecule is COc1cccc(-n2c(=O)c3ccccc3n3c(SCC(=O)NC(=O)c4cccn4C)nnc23)c1. The lowest BCUT2D eigenvalue weighted by Gasteiger charge is -2.12. The Bertz CT molecular complexity index is 1650. The molecule has 176 valence electrons. The van der Waals surface area contributed by atoms with Crippen molar-refractivity contribution >= 4 is 40.3 Å². The number of imide groups is 1. The maximum Gasteiger partial charge on any atom is 0.274 e. The Kier molecular flexibility index (Phi) is 5.83. The van der Waals surface area contributed by atoms with E-state index < -0.39 is 11.8 Å². The summed E-state index contributed by atoms with van der Waals surface area (Å²) in [6.45, 7) is 0. The lowest BCUT2D eigenvalue weighted by atomic mass is 10.2. The van der Waals surface area contributed by atoms with Crippen LogP contribution in [0.25, 0.3) is 22.4 Å². The average molecular weight is 489 g/mol. The smallest absolute Gasteiger partial charge is 0.274 e. The van der Waals surface area contributed by atoms with E-state index >= 15 is 0 Å².